The summed E-state index contributed by atoms with van der Waals surface area (Å²) in [6.07, 6.45) is 0. The summed E-state index contributed by atoms with van der Waals surface area (Å²) in [6.45, 7) is 5.32. The Balaban J connectivity index is 1.99. The van der Waals surface area contributed by atoms with Crippen LogP contribution in [-0.2, 0) is 4.79 Å². The summed E-state index contributed by atoms with van der Waals surface area (Å²) < 4.78 is 5.84. The van der Waals surface area contributed by atoms with E-state index in [4.69, 9.17) is 16.6 Å². The Morgan fingerprint density at radius 3 is 2.72 bits per heavy atom. The lowest BCUT2D eigenvalue weighted by Crippen LogP contribution is -2.32. The molecule has 0 aliphatic carbocycles. The molecule has 0 saturated carbocycles. The van der Waals surface area contributed by atoms with Crippen molar-refractivity contribution in [2.24, 2.45) is 0 Å². The van der Waals surface area contributed by atoms with Gasteiger partial charge in [0.15, 0.2) is 10.7 Å². The molecule has 0 unspecified atom stereocenters. The summed E-state index contributed by atoms with van der Waals surface area (Å²) in [6, 6.07) is 8.77. The zero-order valence-corrected chi connectivity index (χ0v) is 14.8. The highest BCUT2D eigenvalue weighted by atomic mass is 32.1. The quantitative estimate of drug-likeness (QED) is 0.480. The highest BCUT2D eigenvalue weighted by Gasteiger charge is 2.15. The molecule has 3 aromatic rings. The standard InChI is InChI=1S/C18H17N3O3S/c1-9-6-10(2)16-14(7-9)21-17(24-16)13-8-12(4-5-15(13)23)20-18(25)19-11(3)22/h4-8,23H,1-3H3,(H2,19,20,22,25). The number of phenolic OH excluding ortho intramolecular Hbond substituents is 1. The minimum Gasteiger partial charge on any atom is -0.507 e. The van der Waals surface area contributed by atoms with E-state index in [9.17, 15) is 9.90 Å². The number of benzene rings is 2. The average molecular weight is 355 g/mol. The third-order valence-electron chi connectivity index (χ3n) is 3.59. The topological polar surface area (TPSA) is 87.4 Å². The summed E-state index contributed by atoms with van der Waals surface area (Å²) in [4.78, 5) is 15.5. The molecular weight excluding hydrogens is 338 g/mol. The van der Waals surface area contributed by atoms with E-state index in [1.54, 1.807) is 12.1 Å². The summed E-state index contributed by atoms with van der Waals surface area (Å²) in [5.41, 5.74) is 4.52. The first-order valence-electron chi connectivity index (χ1n) is 7.63. The van der Waals surface area contributed by atoms with Crippen LogP contribution in [-0.4, -0.2) is 21.1 Å². The number of thiocarbonyl (C=S) groups is 1. The van der Waals surface area contributed by atoms with Crippen molar-refractivity contribution in [3.05, 3.63) is 41.5 Å². The van der Waals surface area contributed by atoms with Crippen LogP contribution in [0.25, 0.3) is 22.6 Å². The molecule has 0 saturated heterocycles. The van der Waals surface area contributed by atoms with E-state index < -0.39 is 0 Å². The largest absolute Gasteiger partial charge is 0.507 e. The van der Waals surface area contributed by atoms with Gasteiger partial charge in [-0.15, -0.1) is 0 Å². The molecule has 3 N–H and O–H groups in total. The first kappa shape index (κ1) is 16.9. The van der Waals surface area contributed by atoms with Gasteiger partial charge in [-0.05, 0) is 61.5 Å². The fraction of sp³-hybridized carbons (Fsp3) is 0.167. The number of phenols is 1. The van der Waals surface area contributed by atoms with Gasteiger partial charge in [0.2, 0.25) is 11.8 Å². The lowest BCUT2D eigenvalue weighted by Gasteiger charge is -2.09. The van der Waals surface area contributed by atoms with Gasteiger partial charge in [0.05, 0.1) is 5.56 Å². The predicted octanol–water partition coefficient (Wildman–Crippen LogP) is 3.65. The second-order valence-corrected chi connectivity index (χ2v) is 6.22. The second kappa shape index (κ2) is 6.52. The van der Waals surface area contributed by atoms with E-state index in [-0.39, 0.29) is 16.8 Å². The van der Waals surface area contributed by atoms with E-state index in [1.165, 1.54) is 13.0 Å². The van der Waals surface area contributed by atoms with Crippen LogP contribution in [0.4, 0.5) is 5.69 Å². The zero-order valence-electron chi connectivity index (χ0n) is 14.0. The molecule has 0 fully saturated rings. The number of nitrogens with zero attached hydrogens (tertiary/aromatic N) is 1. The van der Waals surface area contributed by atoms with Gasteiger partial charge in [-0.1, -0.05) is 6.07 Å². The predicted molar refractivity (Wildman–Crippen MR) is 101 cm³/mol. The molecular formula is C18H17N3O3S. The minimum atomic E-state index is -0.263. The monoisotopic (exact) mass is 355 g/mol. The summed E-state index contributed by atoms with van der Waals surface area (Å²) in [7, 11) is 0. The Kier molecular flexibility index (Phi) is 4.41. The lowest BCUT2D eigenvalue weighted by atomic mass is 10.1. The van der Waals surface area contributed by atoms with E-state index in [1.807, 2.05) is 26.0 Å². The van der Waals surface area contributed by atoms with Crippen LogP contribution >= 0.6 is 12.2 Å². The van der Waals surface area contributed by atoms with Crippen molar-refractivity contribution in [2.75, 3.05) is 5.32 Å². The van der Waals surface area contributed by atoms with Crippen LogP contribution in [0.5, 0.6) is 5.75 Å². The number of hydrogen-bond donors (Lipinski definition) is 3. The Morgan fingerprint density at radius 1 is 1.24 bits per heavy atom. The van der Waals surface area contributed by atoms with E-state index in [0.29, 0.717) is 22.7 Å². The highest BCUT2D eigenvalue weighted by molar-refractivity contribution is 7.80. The molecule has 2 aromatic carbocycles. The van der Waals surface area contributed by atoms with Gasteiger partial charge in [-0.3, -0.25) is 4.79 Å². The Hall–Kier alpha value is -2.93. The average Bonchev–Trinajstić information content (AvgIpc) is 2.92. The fourth-order valence-electron chi connectivity index (χ4n) is 2.60. The summed E-state index contributed by atoms with van der Waals surface area (Å²) in [5.74, 6) is 0.0912. The number of fused-ring (bicyclic) bond motifs is 1. The third kappa shape index (κ3) is 3.61. The number of hydrogen-bond acceptors (Lipinski definition) is 5. The number of aromatic hydroxyl groups is 1. The normalized spacial score (nSPS) is 10.7. The smallest absolute Gasteiger partial charge is 0.231 e. The minimum absolute atomic E-state index is 0.0388. The van der Waals surface area contributed by atoms with Crippen LogP contribution < -0.4 is 10.6 Å². The molecule has 6 nitrogen and oxygen atoms in total. The Morgan fingerprint density at radius 2 is 2.00 bits per heavy atom. The summed E-state index contributed by atoms with van der Waals surface area (Å²) in [5, 5.41) is 15.7. The maximum Gasteiger partial charge on any atom is 0.231 e. The van der Waals surface area contributed by atoms with E-state index in [2.05, 4.69) is 15.6 Å². The van der Waals surface area contributed by atoms with Crippen molar-refractivity contribution in [3.63, 3.8) is 0 Å². The van der Waals surface area contributed by atoms with Crippen LogP contribution in [0.1, 0.15) is 18.1 Å². The number of carbonyl (C=O) groups excluding carboxylic acids is 1. The van der Waals surface area contributed by atoms with Crippen molar-refractivity contribution in [1.82, 2.24) is 10.3 Å². The number of aryl methyl sites for hydroxylation is 2. The molecule has 7 heteroatoms. The molecule has 1 aromatic heterocycles. The number of aromatic nitrogens is 1. The van der Waals surface area contributed by atoms with Gasteiger partial charge in [0, 0.05) is 12.6 Å². The van der Waals surface area contributed by atoms with Crippen molar-refractivity contribution >= 4 is 40.0 Å². The first-order chi connectivity index (χ1) is 11.8. The Bertz CT molecular complexity index is 995. The van der Waals surface area contributed by atoms with Crippen LogP contribution in [0, 0.1) is 13.8 Å². The lowest BCUT2D eigenvalue weighted by molar-refractivity contribution is -0.117. The van der Waals surface area contributed by atoms with E-state index in [0.717, 1.165) is 16.6 Å². The van der Waals surface area contributed by atoms with Crippen LogP contribution in [0.2, 0.25) is 0 Å². The number of anilines is 1. The van der Waals surface area contributed by atoms with Crippen molar-refractivity contribution < 1.29 is 14.3 Å². The molecule has 0 bridgehead atoms. The number of rotatable bonds is 2. The third-order valence-corrected chi connectivity index (χ3v) is 3.80. The maximum absolute atomic E-state index is 11.0. The van der Waals surface area contributed by atoms with Gasteiger partial charge in [-0.25, -0.2) is 4.98 Å². The number of nitrogens with one attached hydrogen (secondary N) is 2. The van der Waals surface area contributed by atoms with Crippen molar-refractivity contribution in [1.29, 1.82) is 0 Å². The zero-order chi connectivity index (χ0) is 18.1. The molecule has 0 atom stereocenters. The van der Waals surface area contributed by atoms with Crippen LogP contribution in [0.15, 0.2) is 34.7 Å². The molecule has 1 heterocycles. The van der Waals surface area contributed by atoms with Crippen molar-refractivity contribution in [2.45, 2.75) is 20.8 Å². The molecule has 3 rings (SSSR count). The number of oxazole rings is 1. The maximum atomic E-state index is 11.0. The van der Waals surface area contributed by atoms with Gasteiger partial charge in [0.1, 0.15) is 11.3 Å². The van der Waals surface area contributed by atoms with Gasteiger partial charge < -0.3 is 20.2 Å². The second-order valence-electron chi connectivity index (χ2n) is 5.82. The fourth-order valence-corrected chi connectivity index (χ4v) is 2.86. The highest BCUT2D eigenvalue weighted by Crippen LogP contribution is 2.34. The van der Waals surface area contributed by atoms with Crippen molar-refractivity contribution in [3.8, 4) is 17.2 Å². The molecule has 25 heavy (non-hydrogen) atoms. The number of carbonyl (C=O) groups is 1. The van der Waals surface area contributed by atoms with Gasteiger partial charge >= 0.3 is 0 Å². The molecule has 128 valence electrons. The molecule has 0 aliphatic heterocycles. The summed E-state index contributed by atoms with van der Waals surface area (Å²) >= 11 is 5.04. The first-order valence-corrected chi connectivity index (χ1v) is 8.04. The SMILES string of the molecule is CC(=O)NC(=S)Nc1ccc(O)c(-c2nc3cc(C)cc(C)c3o2)c1. The van der Waals surface area contributed by atoms with E-state index >= 15 is 0 Å². The van der Waals surface area contributed by atoms with Gasteiger partial charge in [0.25, 0.3) is 0 Å². The molecule has 0 radical (unpaired) electrons. The van der Waals surface area contributed by atoms with Gasteiger partial charge in [-0.2, -0.15) is 0 Å². The molecule has 0 aliphatic rings. The number of amides is 1. The Labute approximate surface area is 149 Å². The van der Waals surface area contributed by atoms with Crippen LogP contribution in [0.3, 0.4) is 0 Å². The molecule has 0 spiro atoms. The molecule has 1 amide bonds.